The van der Waals surface area contributed by atoms with Crippen LogP contribution in [0.15, 0.2) is 146 Å². The number of benzene rings is 6. The first kappa shape index (κ1) is 22.7. The smallest absolute Gasteiger partial charge is 0.0635 e. The summed E-state index contributed by atoms with van der Waals surface area (Å²) in [6, 6.07) is 50.7. The summed E-state index contributed by atoms with van der Waals surface area (Å²) in [5, 5.41) is 6.47. The van der Waals surface area contributed by atoms with Gasteiger partial charge in [-0.3, -0.25) is 0 Å². The topological polar surface area (TPSA) is 9.86 Å². The van der Waals surface area contributed by atoms with Crippen LogP contribution < -0.4 is 0 Å². The summed E-state index contributed by atoms with van der Waals surface area (Å²) in [5.41, 5.74) is 8.56. The van der Waals surface area contributed by atoms with E-state index in [9.17, 15) is 0 Å². The van der Waals surface area contributed by atoms with Crippen LogP contribution in [0.4, 0.5) is 0 Å². The van der Waals surface area contributed by atoms with Crippen molar-refractivity contribution < 1.29 is 0 Å². The fourth-order valence-corrected chi connectivity index (χ4v) is 7.76. The van der Waals surface area contributed by atoms with Crippen molar-refractivity contribution in [3.8, 4) is 22.5 Å². The number of aromatic nitrogens is 2. The molecule has 0 radical (unpaired) electrons. The molecule has 0 saturated heterocycles. The molecule has 41 heavy (non-hydrogen) atoms. The summed E-state index contributed by atoms with van der Waals surface area (Å²) in [5.74, 6) is 0. The molecule has 0 aliphatic rings. The lowest BCUT2D eigenvalue weighted by Crippen LogP contribution is -1.95. The zero-order valence-corrected chi connectivity index (χ0v) is 23.0. The third kappa shape index (κ3) is 3.30. The average Bonchev–Trinajstić information content (AvgIpc) is 3.73. The van der Waals surface area contributed by atoms with Crippen LogP contribution in [0.1, 0.15) is 0 Å². The molecule has 0 atom stereocenters. The van der Waals surface area contributed by atoms with Crippen LogP contribution in [0.2, 0.25) is 0 Å². The number of hydrogen-bond acceptors (Lipinski definition) is 1. The number of rotatable bonds is 3. The molecule has 0 N–H and O–H groups in total. The molecule has 0 aliphatic carbocycles. The maximum absolute atomic E-state index is 2.44. The van der Waals surface area contributed by atoms with Crippen molar-refractivity contribution in [3.05, 3.63) is 146 Å². The second-order valence-corrected chi connectivity index (χ2v) is 11.6. The number of fused-ring (bicyclic) bond motifs is 8. The van der Waals surface area contributed by atoms with Crippen LogP contribution in [0.25, 0.3) is 75.4 Å². The van der Waals surface area contributed by atoms with Gasteiger partial charge in [0.2, 0.25) is 0 Å². The van der Waals surface area contributed by atoms with E-state index in [1.54, 1.807) is 0 Å². The molecule has 192 valence electrons. The third-order valence-electron chi connectivity index (χ3n) is 8.38. The summed E-state index contributed by atoms with van der Waals surface area (Å²) in [6.07, 6.45) is 2.19. The molecule has 2 nitrogen and oxygen atoms in total. The van der Waals surface area contributed by atoms with E-state index in [0.29, 0.717) is 0 Å². The van der Waals surface area contributed by atoms with Crippen molar-refractivity contribution >= 4 is 64.2 Å². The Morgan fingerprint density at radius 3 is 2.07 bits per heavy atom. The van der Waals surface area contributed by atoms with Gasteiger partial charge >= 0.3 is 0 Å². The Morgan fingerprint density at radius 2 is 1.20 bits per heavy atom. The second kappa shape index (κ2) is 8.69. The molecular weight excluding hydrogens is 516 g/mol. The minimum absolute atomic E-state index is 1.17. The van der Waals surface area contributed by atoms with Crippen molar-refractivity contribution in [2.45, 2.75) is 0 Å². The Hall–Kier alpha value is -5.12. The van der Waals surface area contributed by atoms with E-state index in [0.717, 1.165) is 0 Å². The van der Waals surface area contributed by atoms with Crippen LogP contribution in [0.3, 0.4) is 0 Å². The van der Waals surface area contributed by atoms with Gasteiger partial charge in [0.1, 0.15) is 0 Å². The van der Waals surface area contributed by atoms with Gasteiger partial charge in [0.25, 0.3) is 0 Å². The van der Waals surface area contributed by atoms with Gasteiger partial charge in [-0.1, -0.05) is 91.0 Å². The van der Waals surface area contributed by atoms with Gasteiger partial charge in [-0.2, -0.15) is 0 Å². The Kier molecular flexibility index (Phi) is 4.80. The van der Waals surface area contributed by atoms with E-state index in [-0.39, 0.29) is 0 Å². The minimum atomic E-state index is 1.17. The Bertz CT molecular complexity index is 2400. The lowest BCUT2D eigenvalue weighted by molar-refractivity contribution is 1.13. The zero-order valence-electron chi connectivity index (χ0n) is 22.2. The molecule has 6 aromatic carbocycles. The first-order chi connectivity index (χ1) is 20.3. The van der Waals surface area contributed by atoms with E-state index in [1.807, 2.05) is 11.3 Å². The predicted octanol–water partition coefficient (Wildman–Crippen LogP) is 10.8. The van der Waals surface area contributed by atoms with Crippen LogP contribution in [0, 0.1) is 0 Å². The predicted molar refractivity (Wildman–Crippen MR) is 176 cm³/mol. The molecule has 0 aliphatic heterocycles. The summed E-state index contributed by atoms with van der Waals surface area (Å²) in [6.45, 7) is 0. The molecule has 0 amide bonds. The molecule has 0 saturated carbocycles. The lowest BCUT2D eigenvalue weighted by atomic mass is 10.0. The molecular formula is C38H24N2S. The van der Waals surface area contributed by atoms with Crippen LogP contribution in [-0.2, 0) is 0 Å². The lowest BCUT2D eigenvalue weighted by Gasteiger charge is -2.11. The number of thiophene rings is 1. The van der Waals surface area contributed by atoms with Gasteiger partial charge in [-0.25, -0.2) is 0 Å². The molecule has 0 unspecified atom stereocenters. The van der Waals surface area contributed by atoms with Gasteiger partial charge < -0.3 is 9.13 Å². The van der Waals surface area contributed by atoms with Crippen molar-refractivity contribution in [1.29, 1.82) is 0 Å². The summed E-state index contributed by atoms with van der Waals surface area (Å²) in [7, 11) is 0. The Morgan fingerprint density at radius 1 is 0.439 bits per heavy atom. The Labute approximate surface area is 240 Å². The summed E-state index contributed by atoms with van der Waals surface area (Å²) >= 11 is 1.88. The molecule has 3 aromatic heterocycles. The molecule has 9 aromatic rings. The van der Waals surface area contributed by atoms with E-state index >= 15 is 0 Å². The fourth-order valence-electron chi connectivity index (χ4n) is 6.52. The van der Waals surface area contributed by atoms with Crippen molar-refractivity contribution in [2.75, 3.05) is 0 Å². The third-order valence-corrected chi connectivity index (χ3v) is 9.60. The van der Waals surface area contributed by atoms with Gasteiger partial charge in [0, 0.05) is 53.9 Å². The monoisotopic (exact) mass is 540 g/mol. The fraction of sp³-hybridized carbons (Fsp3) is 0. The average molecular weight is 541 g/mol. The van der Waals surface area contributed by atoms with E-state index < -0.39 is 0 Å². The van der Waals surface area contributed by atoms with Crippen LogP contribution in [-0.4, -0.2) is 9.13 Å². The second-order valence-electron chi connectivity index (χ2n) is 10.6. The number of para-hydroxylation sites is 2. The summed E-state index contributed by atoms with van der Waals surface area (Å²) < 4.78 is 7.41. The van der Waals surface area contributed by atoms with Crippen molar-refractivity contribution in [3.63, 3.8) is 0 Å². The summed E-state index contributed by atoms with van der Waals surface area (Å²) in [4.78, 5) is 0. The van der Waals surface area contributed by atoms with Gasteiger partial charge in [0.05, 0.1) is 16.6 Å². The highest BCUT2D eigenvalue weighted by Crippen LogP contribution is 2.41. The van der Waals surface area contributed by atoms with E-state index in [1.165, 1.54) is 75.4 Å². The maximum Gasteiger partial charge on any atom is 0.0635 e. The molecule has 0 fully saturated rings. The maximum atomic E-state index is 2.44. The normalized spacial score (nSPS) is 11.9. The highest BCUT2D eigenvalue weighted by atomic mass is 32.1. The first-order valence-electron chi connectivity index (χ1n) is 13.9. The largest absolute Gasteiger partial charge is 0.316 e. The quantitative estimate of drug-likeness (QED) is 0.211. The highest BCUT2D eigenvalue weighted by molar-refractivity contribution is 7.26. The molecule has 0 bridgehead atoms. The standard InChI is InChI=1S/C38H24N2S/c1-2-9-26(10-3-1)39-24-23-33-34(39)22-21-31-29-11-4-6-15-35(29)40(37(31)33)27-19-17-25(18-20-27)28-13-8-14-32-30-12-5-7-16-36(30)41-38(28)32/h1-24H. The van der Waals surface area contributed by atoms with Gasteiger partial charge in [-0.05, 0) is 59.7 Å². The number of nitrogens with zero attached hydrogens (tertiary/aromatic N) is 2. The van der Waals surface area contributed by atoms with Gasteiger partial charge in [-0.15, -0.1) is 11.3 Å². The van der Waals surface area contributed by atoms with Crippen LogP contribution >= 0.6 is 11.3 Å². The van der Waals surface area contributed by atoms with Gasteiger partial charge in [0.15, 0.2) is 0 Å². The molecule has 9 rings (SSSR count). The first-order valence-corrected chi connectivity index (χ1v) is 14.8. The van der Waals surface area contributed by atoms with Crippen LogP contribution in [0.5, 0.6) is 0 Å². The zero-order chi connectivity index (χ0) is 26.9. The van der Waals surface area contributed by atoms with E-state index in [2.05, 4.69) is 155 Å². The van der Waals surface area contributed by atoms with E-state index in [4.69, 9.17) is 0 Å². The molecule has 3 heteroatoms. The molecule has 0 spiro atoms. The minimum Gasteiger partial charge on any atom is -0.316 e. The Balaban J connectivity index is 1.26. The van der Waals surface area contributed by atoms with Crippen molar-refractivity contribution in [1.82, 2.24) is 9.13 Å². The SMILES string of the molecule is c1ccc(-n2ccc3c2ccc2c4ccccc4n(-c4ccc(-c5cccc6c5sc5ccccc56)cc4)c23)cc1. The molecule has 3 heterocycles. The number of hydrogen-bond donors (Lipinski definition) is 0. The highest BCUT2D eigenvalue weighted by Gasteiger charge is 2.17. The van der Waals surface area contributed by atoms with Crippen molar-refractivity contribution in [2.24, 2.45) is 0 Å².